The van der Waals surface area contributed by atoms with Crippen LogP contribution in [0.4, 0.5) is 4.39 Å². The highest BCUT2D eigenvalue weighted by Gasteiger charge is 2.38. The Morgan fingerprint density at radius 2 is 1.86 bits per heavy atom. The van der Waals surface area contributed by atoms with Gasteiger partial charge in [0.25, 0.3) is 5.56 Å². The molecule has 1 saturated heterocycles. The first-order valence-corrected chi connectivity index (χ1v) is 10.7. The summed E-state index contributed by atoms with van der Waals surface area (Å²) in [4.78, 5) is 37.5. The molecule has 1 aromatic carbocycles. The van der Waals surface area contributed by atoms with Gasteiger partial charge in [-0.3, -0.25) is 14.4 Å². The van der Waals surface area contributed by atoms with Gasteiger partial charge in [0.05, 0.1) is 11.5 Å². The van der Waals surface area contributed by atoms with Crippen molar-refractivity contribution in [2.75, 3.05) is 24.6 Å². The van der Waals surface area contributed by atoms with Crippen molar-refractivity contribution in [3.05, 3.63) is 58.3 Å². The molecule has 0 spiro atoms. The number of fused-ring (bicyclic) bond motifs is 4. The number of carbonyl (C=O) groups excluding carboxylic acids is 1. The number of carboxylic acids is 1. The molecule has 29 heavy (non-hydrogen) atoms. The van der Waals surface area contributed by atoms with Gasteiger partial charge in [0.15, 0.2) is 0 Å². The number of aliphatic carboxylic acids is 1. The number of hydrogen-bond acceptors (Lipinski definition) is 4. The summed E-state index contributed by atoms with van der Waals surface area (Å²) in [6.45, 7) is 1.51. The number of benzene rings is 1. The number of piperidine rings is 1. The summed E-state index contributed by atoms with van der Waals surface area (Å²) in [6, 6.07) is 9.67. The maximum absolute atomic E-state index is 14.5. The highest BCUT2D eigenvalue weighted by molar-refractivity contribution is 8.00. The molecule has 0 radical (unpaired) electrons. The molecule has 1 aromatic heterocycles. The van der Waals surface area contributed by atoms with Crippen LogP contribution in [0.5, 0.6) is 0 Å². The third kappa shape index (κ3) is 3.94. The summed E-state index contributed by atoms with van der Waals surface area (Å²) >= 11 is 1.09. The minimum absolute atomic E-state index is 0.0561. The van der Waals surface area contributed by atoms with Crippen molar-refractivity contribution in [3.63, 3.8) is 0 Å². The van der Waals surface area contributed by atoms with E-state index < -0.39 is 5.97 Å². The van der Waals surface area contributed by atoms with E-state index in [9.17, 15) is 18.8 Å². The number of aromatic nitrogens is 1. The molecule has 2 unspecified atom stereocenters. The Kier molecular flexibility index (Phi) is 5.45. The Hall–Kier alpha value is -2.61. The zero-order valence-corrected chi connectivity index (χ0v) is 16.5. The lowest BCUT2D eigenvalue weighted by atomic mass is 9.80. The van der Waals surface area contributed by atoms with E-state index in [0.717, 1.165) is 23.9 Å². The second kappa shape index (κ2) is 8.02. The normalized spacial score (nSPS) is 20.2. The largest absolute Gasteiger partial charge is 0.481 e. The van der Waals surface area contributed by atoms with Crippen molar-refractivity contribution in [1.29, 1.82) is 0 Å². The minimum atomic E-state index is -0.943. The second-order valence-electron chi connectivity index (χ2n) is 7.54. The van der Waals surface area contributed by atoms with E-state index in [0.29, 0.717) is 30.8 Å². The van der Waals surface area contributed by atoms with Crippen LogP contribution in [0.15, 0.2) is 41.2 Å². The predicted molar refractivity (Wildman–Crippen MR) is 108 cm³/mol. The number of amides is 1. The first kappa shape index (κ1) is 19.7. The highest BCUT2D eigenvalue weighted by atomic mass is 32.2. The third-order valence-electron chi connectivity index (χ3n) is 5.56. The number of nitrogens with zero attached hydrogens (tertiary/aromatic N) is 2. The molecule has 6 nitrogen and oxygen atoms in total. The standard InChI is InChI=1S/C21H21FN2O4S/c22-17-4-2-1-3-15(17)16-5-6-18(25)24-9-13-7-14(21(16)24)10-23(8-13)19(26)11-29-12-20(27)28/h1-6,13-14H,7-12H2,(H,27,28). The summed E-state index contributed by atoms with van der Waals surface area (Å²) in [7, 11) is 0. The van der Waals surface area contributed by atoms with E-state index in [2.05, 4.69) is 0 Å². The molecule has 1 amide bonds. The molecule has 0 aliphatic carbocycles. The second-order valence-corrected chi connectivity index (χ2v) is 8.53. The van der Waals surface area contributed by atoms with E-state index in [1.807, 2.05) is 0 Å². The van der Waals surface area contributed by atoms with Gasteiger partial charge in [0.1, 0.15) is 5.82 Å². The van der Waals surface area contributed by atoms with Gasteiger partial charge in [0.2, 0.25) is 5.91 Å². The van der Waals surface area contributed by atoms with Crippen LogP contribution >= 0.6 is 11.8 Å². The van der Waals surface area contributed by atoms with Crippen LogP contribution in [0.2, 0.25) is 0 Å². The van der Waals surface area contributed by atoms with Gasteiger partial charge in [-0.15, -0.1) is 11.8 Å². The molecule has 1 N–H and O–H groups in total. The number of thioether (sulfide) groups is 1. The first-order valence-electron chi connectivity index (χ1n) is 9.50. The molecule has 8 heteroatoms. The number of pyridine rings is 1. The van der Waals surface area contributed by atoms with Crippen molar-refractivity contribution < 1.29 is 19.1 Å². The summed E-state index contributed by atoms with van der Waals surface area (Å²) < 4.78 is 16.2. The van der Waals surface area contributed by atoms with Gasteiger partial charge in [-0.2, -0.15) is 0 Å². The molecule has 4 rings (SSSR count). The van der Waals surface area contributed by atoms with E-state index in [1.165, 1.54) is 12.1 Å². The molecular weight excluding hydrogens is 395 g/mol. The quantitative estimate of drug-likeness (QED) is 0.810. The first-order chi connectivity index (χ1) is 13.9. The Labute approximate surface area is 171 Å². The van der Waals surface area contributed by atoms with E-state index in [-0.39, 0.29) is 40.6 Å². The molecule has 2 atom stereocenters. The molecule has 0 saturated carbocycles. The van der Waals surface area contributed by atoms with Crippen LogP contribution in [-0.2, 0) is 16.1 Å². The van der Waals surface area contributed by atoms with Crippen LogP contribution in [0.1, 0.15) is 18.0 Å². The van der Waals surface area contributed by atoms with Crippen molar-refractivity contribution in [1.82, 2.24) is 9.47 Å². The van der Waals surface area contributed by atoms with Crippen LogP contribution in [0, 0.1) is 11.7 Å². The molecule has 2 aromatic rings. The van der Waals surface area contributed by atoms with Gasteiger partial charge in [-0.05, 0) is 24.5 Å². The summed E-state index contributed by atoms with van der Waals surface area (Å²) in [5.41, 5.74) is 1.83. The molecule has 2 bridgehead atoms. The third-order valence-corrected chi connectivity index (χ3v) is 6.46. The molecule has 3 heterocycles. The van der Waals surface area contributed by atoms with Crippen molar-refractivity contribution in [2.24, 2.45) is 5.92 Å². The van der Waals surface area contributed by atoms with Crippen LogP contribution in [-0.4, -0.2) is 51.0 Å². The fourth-order valence-electron chi connectivity index (χ4n) is 4.44. The molecule has 2 aliphatic rings. The van der Waals surface area contributed by atoms with Gasteiger partial charge in [0, 0.05) is 48.4 Å². The van der Waals surface area contributed by atoms with E-state index >= 15 is 0 Å². The maximum atomic E-state index is 14.5. The van der Waals surface area contributed by atoms with Gasteiger partial charge in [-0.1, -0.05) is 18.2 Å². The number of likely N-dealkylation sites (tertiary alicyclic amines) is 1. The van der Waals surface area contributed by atoms with Crippen LogP contribution < -0.4 is 5.56 Å². The monoisotopic (exact) mass is 416 g/mol. The SMILES string of the molecule is O=C(O)CSCC(=O)N1CC2CC(C1)c1c(-c3ccccc3F)ccc(=O)n1C2. The van der Waals surface area contributed by atoms with Gasteiger partial charge in [-0.25, -0.2) is 4.39 Å². The summed E-state index contributed by atoms with van der Waals surface area (Å²) in [6.07, 6.45) is 0.844. The van der Waals surface area contributed by atoms with Crippen molar-refractivity contribution in [2.45, 2.75) is 18.9 Å². The van der Waals surface area contributed by atoms with Crippen LogP contribution in [0.3, 0.4) is 0 Å². The average Bonchev–Trinajstić information content (AvgIpc) is 2.69. The Morgan fingerprint density at radius 3 is 2.62 bits per heavy atom. The Morgan fingerprint density at radius 1 is 1.07 bits per heavy atom. The smallest absolute Gasteiger partial charge is 0.313 e. The maximum Gasteiger partial charge on any atom is 0.313 e. The lowest BCUT2D eigenvalue weighted by Crippen LogP contribution is -2.49. The van der Waals surface area contributed by atoms with Gasteiger partial charge >= 0.3 is 5.97 Å². The predicted octanol–water partition coefficient (Wildman–Crippen LogP) is 2.42. The number of carbonyl (C=O) groups is 2. The Bertz CT molecular complexity index is 1020. The molecule has 2 aliphatic heterocycles. The number of rotatable bonds is 5. The lowest BCUT2D eigenvalue weighted by Gasteiger charge is -2.43. The van der Waals surface area contributed by atoms with Crippen molar-refractivity contribution in [3.8, 4) is 11.1 Å². The topological polar surface area (TPSA) is 79.6 Å². The summed E-state index contributed by atoms with van der Waals surface area (Å²) in [5.74, 6) is -1.27. The fraction of sp³-hybridized carbons (Fsp3) is 0.381. The minimum Gasteiger partial charge on any atom is -0.481 e. The zero-order chi connectivity index (χ0) is 20.5. The summed E-state index contributed by atoms with van der Waals surface area (Å²) in [5, 5.41) is 8.76. The zero-order valence-electron chi connectivity index (χ0n) is 15.7. The lowest BCUT2D eigenvalue weighted by molar-refractivity contribution is -0.133. The molecular formula is C21H21FN2O4S. The van der Waals surface area contributed by atoms with Crippen molar-refractivity contribution >= 4 is 23.6 Å². The molecule has 152 valence electrons. The molecule has 1 fully saturated rings. The van der Waals surface area contributed by atoms with Gasteiger partial charge < -0.3 is 14.6 Å². The fourth-order valence-corrected chi connectivity index (χ4v) is 5.08. The number of halogens is 1. The Balaban J connectivity index is 1.65. The number of hydrogen-bond donors (Lipinski definition) is 1. The highest BCUT2D eigenvalue weighted by Crippen LogP contribution is 2.40. The van der Waals surface area contributed by atoms with Crippen LogP contribution in [0.25, 0.3) is 11.1 Å². The van der Waals surface area contributed by atoms with E-state index in [1.54, 1.807) is 33.7 Å². The average molecular weight is 416 g/mol. The number of carboxylic acid groups (broad SMARTS) is 1. The van der Waals surface area contributed by atoms with E-state index in [4.69, 9.17) is 5.11 Å².